The Kier molecular flexibility index (Phi) is 6.35. The van der Waals surface area contributed by atoms with E-state index in [1.165, 1.54) is 6.07 Å². The van der Waals surface area contributed by atoms with E-state index in [4.69, 9.17) is 4.74 Å². The molecule has 0 saturated carbocycles. The first-order chi connectivity index (χ1) is 12.0. The van der Waals surface area contributed by atoms with Gasteiger partial charge in [0.15, 0.2) is 5.75 Å². The lowest BCUT2D eigenvalue weighted by atomic mass is 10.1. The molecule has 0 unspecified atom stereocenters. The fraction of sp³-hybridized carbons (Fsp3) is 0.471. The van der Waals surface area contributed by atoms with Gasteiger partial charge >= 0.3 is 5.69 Å². The SMILES string of the molecule is C=CC(=O)Nc1cc([N+](=O)[O-])c(OCCC)cc1N1CCN(C)CC1. The fourth-order valence-electron chi connectivity index (χ4n) is 2.62. The summed E-state index contributed by atoms with van der Waals surface area (Å²) in [6, 6.07) is 3.01. The lowest BCUT2D eigenvalue weighted by Gasteiger charge is -2.35. The smallest absolute Gasteiger partial charge is 0.313 e. The van der Waals surface area contributed by atoms with Crippen LogP contribution in [0.4, 0.5) is 17.1 Å². The highest BCUT2D eigenvalue weighted by Crippen LogP contribution is 2.39. The topological polar surface area (TPSA) is 87.9 Å². The monoisotopic (exact) mass is 348 g/mol. The van der Waals surface area contributed by atoms with Crippen LogP contribution in [0.2, 0.25) is 0 Å². The predicted molar refractivity (Wildman–Crippen MR) is 97.4 cm³/mol. The summed E-state index contributed by atoms with van der Waals surface area (Å²) >= 11 is 0. The van der Waals surface area contributed by atoms with Gasteiger partial charge in [0.1, 0.15) is 0 Å². The molecule has 25 heavy (non-hydrogen) atoms. The van der Waals surface area contributed by atoms with Crippen LogP contribution in [0.25, 0.3) is 0 Å². The molecule has 1 aliphatic heterocycles. The van der Waals surface area contributed by atoms with Crippen molar-refractivity contribution < 1.29 is 14.5 Å². The minimum Gasteiger partial charge on any atom is -0.487 e. The maximum Gasteiger partial charge on any atom is 0.313 e. The molecule has 8 nitrogen and oxygen atoms in total. The second-order valence-electron chi connectivity index (χ2n) is 5.93. The molecule has 1 N–H and O–H groups in total. The number of piperazine rings is 1. The van der Waals surface area contributed by atoms with E-state index in [9.17, 15) is 14.9 Å². The van der Waals surface area contributed by atoms with Crippen molar-refractivity contribution >= 4 is 23.0 Å². The molecule has 136 valence electrons. The van der Waals surface area contributed by atoms with Crippen molar-refractivity contribution in [3.05, 3.63) is 34.9 Å². The van der Waals surface area contributed by atoms with Gasteiger partial charge in [-0.05, 0) is 19.5 Å². The van der Waals surface area contributed by atoms with Crippen LogP contribution >= 0.6 is 0 Å². The first-order valence-electron chi connectivity index (χ1n) is 8.28. The standard InChI is InChI=1S/C17H24N4O4/c1-4-10-25-16-12-14(20-8-6-19(3)7-9-20)13(18-17(22)5-2)11-15(16)21(23)24/h5,11-12H,2,4,6-10H2,1,3H3,(H,18,22). The summed E-state index contributed by atoms with van der Waals surface area (Å²) in [5.74, 6) is -0.190. The van der Waals surface area contributed by atoms with E-state index in [1.54, 1.807) is 6.07 Å². The van der Waals surface area contributed by atoms with Crippen molar-refractivity contribution in [2.45, 2.75) is 13.3 Å². The van der Waals surface area contributed by atoms with Gasteiger partial charge in [0.05, 0.1) is 22.9 Å². The predicted octanol–water partition coefficient (Wildman–Crippen LogP) is 2.26. The number of rotatable bonds is 7. The van der Waals surface area contributed by atoms with E-state index in [0.29, 0.717) is 12.3 Å². The van der Waals surface area contributed by atoms with E-state index in [0.717, 1.165) is 44.4 Å². The normalized spacial score (nSPS) is 14.9. The second-order valence-corrected chi connectivity index (χ2v) is 5.93. The van der Waals surface area contributed by atoms with Gasteiger partial charge in [-0.15, -0.1) is 0 Å². The van der Waals surface area contributed by atoms with E-state index < -0.39 is 10.8 Å². The lowest BCUT2D eigenvalue weighted by Crippen LogP contribution is -2.44. The van der Waals surface area contributed by atoms with Crippen molar-refractivity contribution in [3.8, 4) is 5.75 Å². The third kappa shape index (κ3) is 4.69. The molecule has 1 fully saturated rings. The number of amides is 1. The number of likely N-dealkylation sites (N-methyl/N-ethyl adjacent to an activating group) is 1. The molecule has 1 amide bonds. The van der Waals surface area contributed by atoms with E-state index in [1.807, 2.05) is 14.0 Å². The summed E-state index contributed by atoms with van der Waals surface area (Å²) in [7, 11) is 2.05. The number of anilines is 2. The zero-order valence-corrected chi connectivity index (χ0v) is 14.7. The molecule has 1 aliphatic rings. The van der Waals surface area contributed by atoms with Crippen molar-refractivity contribution in [2.24, 2.45) is 0 Å². The van der Waals surface area contributed by atoms with Crippen LogP contribution in [0.5, 0.6) is 5.75 Å². The van der Waals surface area contributed by atoms with Gasteiger partial charge in [0.2, 0.25) is 5.91 Å². The molecule has 0 radical (unpaired) electrons. The van der Waals surface area contributed by atoms with Gasteiger partial charge < -0.3 is 19.9 Å². The number of nitro groups is 1. The Balaban J connectivity index is 2.45. The molecule has 1 saturated heterocycles. The van der Waals surface area contributed by atoms with Crippen LogP contribution in [-0.2, 0) is 4.79 Å². The molecular weight excluding hydrogens is 324 g/mol. The third-order valence-electron chi connectivity index (χ3n) is 4.02. The molecule has 2 rings (SSSR count). The Morgan fingerprint density at radius 1 is 1.40 bits per heavy atom. The minimum absolute atomic E-state index is 0.161. The summed E-state index contributed by atoms with van der Waals surface area (Å²) in [5, 5.41) is 14.1. The molecule has 8 heteroatoms. The average molecular weight is 348 g/mol. The van der Waals surface area contributed by atoms with Crippen LogP contribution < -0.4 is 15.0 Å². The lowest BCUT2D eigenvalue weighted by molar-refractivity contribution is -0.385. The number of nitrogens with one attached hydrogen (secondary N) is 1. The Bertz CT molecular complexity index is 654. The Labute approximate surface area is 147 Å². The Hall–Kier alpha value is -2.61. The van der Waals surface area contributed by atoms with Crippen molar-refractivity contribution in [1.82, 2.24) is 4.90 Å². The second kappa shape index (κ2) is 8.48. The van der Waals surface area contributed by atoms with Crippen LogP contribution in [0.1, 0.15) is 13.3 Å². The first-order valence-corrected chi connectivity index (χ1v) is 8.28. The molecule has 1 aromatic carbocycles. The number of carbonyl (C=O) groups excluding carboxylic acids is 1. The van der Waals surface area contributed by atoms with Gasteiger partial charge in [-0.1, -0.05) is 13.5 Å². The highest BCUT2D eigenvalue weighted by molar-refractivity contribution is 6.01. The molecule has 1 heterocycles. The van der Waals surface area contributed by atoms with Crippen LogP contribution in [0, 0.1) is 10.1 Å². The van der Waals surface area contributed by atoms with Gasteiger partial charge in [-0.25, -0.2) is 0 Å². The minimum atomic E-state index is -0.498. The van der Waals surface area contributed by atoms with Crippen molar-refractivity contribution in [3.63, 3.8) is 0 Å². The fourth-order valence-corrected chi connectivity index (χ4v) is 2.62. The van der Waals surface area contributed by atoms with E-state index >= 15 is 0 Å². The van der Waals surface area contributed by atoms with Crippen LogP contribution in [-0.4, -0.2) is 55.6 Å². The van der Waals surface area contributed by atoms with Gasteiger partial charge in [0.25, 0.3) is 0 Å². The summed E-state index contributed by atoms with van der Waals surface area (Å²) < 4.78 is 5.57. The molecule has 0 bridgehead atoms. The van der Waals surface area contributed by atoms with Gasteiger partial charge in [0, 0.05) is 38.3 Å². The third-order valence-corrected chi connectivity index (χ3v) is 4.02. The Morgan fingerprint density at radius 3 is 2.64 bits per heavy atom. The van der Waals surface area contributed by atoms with E-state index in [2.05, 4.69) is 21.7 Å². The quantitative estimate of drug-likeness (QED) is 0.462. The molecule has 0 aromatic heterocycles. The number of hydrogen-bond donors (Lipinski definition) is 1. The highest BCUT2D eigenvalue weighted by Gasteiger charge is 2.24. The number of carbonyl (C=O) groups is 1. The number of nitro benzene ring substituents is 1. The molecule has 1 aromatic rings. The van der Waals surface area contributed by atoms with E-state index in [-0.39, 0.29) is 11.4 Å². The summed E-state index contributed by atoms with van der Waals surface area (Å²) in [6.07, 6.45) is 1.89. The number of ether oxygens (including phenoxy) is 1. The van der Waals surface area contributed by atoms with Crippen molar-refractivity contribution in [1.29, 1.82) is 0 Å². The first kappa shape index (κ1) is 18.7. The Morgan fingerprint density at radius 2 is 2.08 bits per heavy atom. The molecule has 0 spiro atoms. The van der Waals surface area contributed by atoms with Gasteiger partial charge in [-0.2, -0.15) is 0 Å². The summed E-state index contributed by atoms with van der Waals surface area (Å²) in [4.78, 5) is 27.0. The maximum atomic E-state index is 11.7. The zero-order chi connectivity index (χ0) is 18.4. The molecule has 0 aliphatic carbocycles. The average Bonchev–Trinajstić information content (AvgIpc) is 2.60. The number of benzene rings is 1. The van der Waals surface area contributed by atoms with Gasteiger partial charge in [-0.3, -0.25) is 14.9 Å². The van der Waals surface area contributed by atoms with Crippen LogP contribution in [0.3, 0.4) is 0 Å². The maximum absolute atomic E-state index is 11.7. The highest BCUT2D eigenvalue weighted by atomic mass is 16.6. The zero-order valence-electron chi connectivity index (χ0n) is 14.7. The molecule has 0 atom stereocenters. The van der Waals surface area contributed by atoms with Crippen molar-refractivity contribution in [2.75, 3.05) is 50.1 Å². The number of hydrogen-bond acceptors (Lipinski definition) is 6. The summed E-state index contributed by atoms with van der Waals surface area (Å²) in [6.45, 7) is 9.03. The summed E-state index contributed by atoms with van der Waals surface area (Å²) in [5.41, 5.74) is 0.954. The van der Waals surface area contributed by atoms with Crippen LogP contribution in [0.15, 0.2) is 24.8 Å². The molecular formula is C17H24N4O4. The largest absolute Gasteiger partial charge is 0.487 e. The number of nitrogens with zero attached hydrogens (tertiary/aromatic N) is 3.